The van der Waals surface area contributed by atoms with Crippen LogP contribution in [0.2, 0.25) is 0 Å². The normalized spacial score (nSPS) is 10.9. The van der Waals surface area contributed by atoms with E-state index in [1.165, 1.54) is 5.56 Å². The molecular weight excluding hydrogens is 444 g/mol. The largest absolute Gasteiger partial charge is 0.490 e. The van der Waals surface area contributed by atoms with Crippen LogP contribution in [-0.4, -0.2) is 40.7 Å². The number of nitrogens with zero attached hydrogens (tertiary/aromatic N) is 3. The van der Waals surface area contributed by atoms with Crippen molar-refractivity contribution >= 4 is 22.6 Å². The van der Waals surface area contributed by atoms with E-state index in [0.717, 1.165) is 16.8 Å². The maximum absolute atomic E-state index is 13.2. The van der Waals surface area contributed by atoms with Crippen LogP contribution in [0.5, 0.6) is 17.2 Å². The monoisotopic (exact) mass is 474 g/mol. The number of anilines is 1. The van der Waals surface area contributed by atoms with Crippen molar-refractivity contribution in [3.63, 3.8) is 0 Å². The average Bonchev–Trinajstić information content (AvgIpc) is 3.24. The quantitative estimate of drug-likeness (QED) is 0.345. The van der Waals surface area contributed by atoms with E-state index in [-0.39, 0.29) is 5.91 Å². The van der Waals surface area contributed by atoms with Gasteiger partial charge in [-0.05, 0) is 76.6 Å². The van der Waals surface area contributed by atoms with E-state index in [0.29, 0.717) is 53.8 Å². The Morgan fingerprint density at radius 2 is 1.40 bits per heavy atom. The first kappa shape index (κ1) is 24.1. The van der Waals surface area contributed by atoms with E-state index in [2.05, 4.69) is 15.5 Å². The second-order valence-electron chi connectivity index (χ2n) is 8.04. The lowest BCUT2D eigenvalue weighted by molar-refractivity contribution is 0.102. The first-order chi connectivity index (χ1) is 16.9. The van der Waals surface area contributed by atoms with Crippen molar-refractivity contribution in [3.05, 3.63) is 65.2 Å². The molecule has 1 aromatic heterocycles. The Balaban J connectivity index is 1.65. The van der Waals surface area contributed by atoms with Gasteiger partial charge in [-0.2, -0.15) is 4.80 Å². The zero-order valence-corrected chi connectivity index (χ0v) is 20.7. The highest BCUT2D eigenvalue weighted by Crippen LogP contribution is 2.39. The molecule has 0 atom stereocenters. The van der Waals surface area contributed by atoms with Crippen LogP contribution in [0.1, 0.15) is 42.3 Å². The van der Waals surface area contributed by atoms with Gasteiger partial charge in [0.15, 0.2) is 11.5 Å². The van der Waals surface area contributed by atoms with E-state index in [1.807, 2.05) is 71.0 Å². The van der Waals surface area contributed by atoms with Crippen molar-refractivity contribution < 1.29 is 19.0 Å². The van der Waals surface area contributed by atoms with Crippen molar-refractivity contribution in [1.29, 1.82) is 0 Å². The molecule has 4 aromatic rings. The third-order valence-corrected chi connectivity index (χ3v) is 5.41. The van der Waals surface area contributed by atoms with Gasteiger partial charge in [0.25, 0.3) is 5.91 Å². The summed E-state index contributed by atoms with van der Waals surface area (Å²) in [6, 6.07) is 15.1. The van der Waals surface area contributed by atoms with Gasteiger partial charge in [0, 0.05) is 11.3 Å². The van der Waals surface area contributed by atoms with E-state index in [9.17, 15) is 4.79 Å². The van der Waals surface area contributed by atoms with Crippen LogP contribution in [0.3, 0.4) is 0 Å². The lowest BCUT2D eigenvalue weighted by atomic mass is 10.1. The zero-order chi connectivity index (χ0) is 24.9. The van der Waals surface area contributed by atoms with Crippen molar-refractivity contribution in [2.75, 3.05) is 25.1 Å². The molecular formula is C27H30N4O4. The minimum atomic E-state index is -0.289. The summed E-state index contributed by atoms with van der Waals surface area (Å²) in [4.78, 5) is 14.8. The molecule has 1 amide bonds. The molecule has 0 radical (unpaired) electrons. The first-order valence-corrected chi connectivity index (χ1v) is 11.8. The van der Waals surface area contributed by atoms with Gasteiger partial charge in [-0.3, -0.25) is 4.79 Å². The fraction of sp³-hybridized carbons (Fsp3) is 0.296. The summed E-state index contributed by atoms with van der Waals surface area (Å²) in [7, 11) is 0. The molecule has 0 saturated heterocycles. The van der Waals surface area contributed by atoms with E-state index < -0.39 is 0 Å². The van der Waals surface area contributed by atoms with Crippen LogP contribution in [-0.2, 0) is 0 Å². The Hall–Kier alpha value is -4.07. The smallest absolute Gasteiger partial charge is 0.255 e. The standard InChI is InChI=1S/C27H30N4O4/c1-6-33-24-14-19(15-25(34-7-2)26(24)35-8-3)27(32)28-21-16-23-22(13-18(21)5)29-31(30-23)20-11-9-17(4)10-12-20/h9-16H,6-8H2,1-5H3,(H,28,32). The molecule has 0 aliphatic heterocycles. The van der Waals surface area contributed by atoms with Crippen molar-refractivity contribution in [3.8, 4) is 22.9 Å². The number of amides is 1. The van der Waals surface area contributed by atoms with Crippen LogP contribution in [0.4, 0.5) is 5.69 Å². The highest BCUT2D eigenvalue weighted by atomic mass is 16.5. The summed E-state index contributed by atoms with van der Waals surface area (Å²) < 4.78 is 17.2. The molecule has 8 nitrogen and oxygen atoms in total. The van der Waals surface area contributed by atoms with Gasteiger partial charge in [-0.1, -0.05) is 17.7 Å². The lowest BCUT2D eigenvalue weighted by Gasteiger charge is -2.17. The third kappa shape index (κ3) is 5.21. The molecule has 0 saturated carbocycles. The number of fused-ring (bicyclic) bond motifs is 1. The Labute approximate surface area is 204 Å². The van der Waals surface area contributed by atoms with Gasteiger partial charge in [-0.25, -0.2) is 0 Å². The molecule has 0 aliphatic rings. The number of rotatable bonds is 9. The number of carbonyl (C=O) groups is 1. The lowest BCUT2D eigenvalue weighted by Crippen LogP contribution is -2.14. The molecule has 0 fully saturated rings. The number of ether oxygens (including phenoxy) is 3. The van der Waals surface area contributed by atoms with Gasteiger partial charge < -0.3 is 19.5 Å². The Morgan fingerprint density at radius 1 is 0.829 bits per heavy atom. The van der Waals surface area contributed by atoms with Gasteiger partial charge in [0.2, 0.25) is 5.75 Å². The molecule has 0 spiro atoms. The zero-order valence-electron chi connectivity index (χ0n) is 20.7. The van der Waals surface area contributed by atoms with Gasteiger partial charge in [-0.15, -0.1) is 10.2 Å². The summed E-state index contributed by atoms with van der Waals surface area (Å²) in [6.07, 6.45) is 0. The van der Waals surface area contributed by atoms with Crippen LogP contribution in [0, 0.1) is 13.8 Å². The summed E-state index contributed by atoms with van der Waals surface area (Å²) in [6.45, 7) is 10.9. The first-order valence-electron chi connectivity index (χ1n) is 11.8. The Morgan fingerprint density at radius 3 is 1.97 bits per heavy atom. The molecule has 35 heavy (non-hydrogen) atoms. The summed E-state index contributed by atoms with van der Waals surface area (Å²) in [5.74, 6) is 1.15. The van der Waals surface area contributed by atoms with Gasteiger partial charge >= 0.3 is 0 Å². The molecule has 0 unspecified atom stereocenters. The minimum absolute atomic E-state index is 0.289. The number of aromatic nitrogens is 3. The predicted octanol–water partition coefficient (Wildman–Crippen LogP) is 5.49. The van der Waals surface area contributed by atoms with E-state index >= 15 is 0 Å². The molecule has 1 heterocycles. The summed E-state index contributed by atoms with van der Waals surface area (Å²) in [5, 5.41) is 12.2. The highest BCUT2D eigenvalue weighted by Gasteiger charge is 2.19. The van der Waals surface area contributed by atoms with Crippen LogP contribution >= 0.6 is 0 Å². The predicted molar refractivity (Wildman–Crippen MR) is 136 cm³/mol. The summed E-state index contributed by atoms with van der Waals surface area (Å²) >= 11 is 0. The van der Waals surface area contributed by atoms with Crippen molar-refractivity contribution in [2.24, 2.45) is 0 Å². The molecule has 8 heteroatoms. The second-order valence-corrected chi connectivity index (χ2v) is 8.04. The molecule has 0 aliphatic carbocycles. The van der Waals surface area contributed by atoms with Gasteiger partial charge in [0.1, 0.15) is 11.0 Å². The maximum Gasteiger partial charge on any atom is 0.255 e. The second kappa shape index (κ2) is 10.5. The summed E-state index contributed by atoms with van der Waals surface area (Å²) in [5.41, 5.74) is 5.41. The molecule has 0 bridgehead atoms. The highest BCUT2D eigenvalue weighted by molar-refractivity contribution is 6.06. The fourth-order valence-electron chi connectivity index (χ4n) is 3.71. The minimum Gasteiger partial charge on any atom is -0.490 e. The third-order valence-electron chi connectivity index (χ3n) is 5.41. The Bertz CT molecular complexity index is 1320. The number of aryl methyl sites for hydroxylation is 2. The van der Waals surface area contributed by atoms with Gasteiger partial charge in [0.05, 0.1) is 25.5 Å². The number of hydrogen-bond donors (Lipinski definition) is 1. The topological polar surface area (TPSA) is 87.5 Å². The maximum atomic E-state index is 13.2. The van der Waals surface area contributed by atoms with E-state index in [4.69, 9.17) is 14.2 Å². The number of nitrogens with one attached hydrogen (secondary N) is 1. The molecule has 182 valence electrons. The fourth-order valence-corrected chi connectivity index (χ4v) is 3.71. The van der Waals surface area contributed by atoms with Crippen LogP contribution in [0.15, 0.2) is 48.5 Å². The SMILES string of the molecule is CCOc1cc(C(=O)Nc2cc3nn(-c4ccc(C)cc4)nc3cc2C)cc(OCC)c1OCC. The molecule has 4 rings (SSSR count). The molecule has 1 N–H and O–H groups in total. The van der Waals surface area contributed by atoms with Crippen molar-refractivity contribution in [1.82, 2.24) is 15.0 Å². The number of benzene rings is 3. The van der Waals surface area contributed by atoms with E-state index in [1.54, 1.807) is 16.9 Å². The van der Waals surface area contributed by atoms with Crippen LogP contribution < -0.4 is 19.5 Å². The number of hydrogen-bond acceptors (Lipinski definition) is 6. The Kier molecular flexibility index (Phi) is 7.19. The van der Waals surface area contributed by atoms with Crippen molar-refractivity contribution in [2.45, 2.75) is 34.6 Å². The number of carbonyl (C=O) groups excluding carboxylic acids is 1. The average molecular weight is 475 g/mol. The van der Waals surface area contributed by atoms with Crippen LogP contribution in [0.25, 0.3) is 16.7 Å². The molecule has 3 aromatic carbocycles.